The zero-order valence-electron chi connectivity index (χ0n) is 10.4. The molecule has 0 heterocycles. The molecule has 3 nitrogen and oxygen atoms in total. The first-order chi connectivity index (χ1) is 8.99. The maximum Gasteiger partial charge on any atom is 0.141 e. The van der Waals surface area contributed by atoms with E-state index in [0.29, 0.717) is 11.3 Å². The zero-order valence-corrected chi connectivity index (χ0v) is 11.2. The molecule has 2 aromatic rings. The lowest BCUT2D eigenvalue weighted by Gasteiger charge is -2.15. The third-order valence-corrected chi connectivity index (χ3v) is 3.30. The van der Waals surface area contributed by atoms with E-state index in [2.05, 4.69) is 0 Å². The summed E-state index contributed by atoms with van der Waals surface area (Å²) in [5.41, 5.74) is 7.83. The molecule has 0 aliphatic rings. The van der Waals surface area contributed by atoms with Gasteiger partial charge < -0.3 is 10.8 Å². The largest absolute Gasteiger partial charge is 0.506 e. The van der Waals surface area contributed by atoms with E-state index in [1.54, 1.807) is 24.3 Å². The van der Waals surface area contributed by atoms with Crippen LogP contribution in [-0.2, 0) is 4.79 Å². The third-order valence-electron chi connectivity index (χ3n) is 2.98. The number of nitrogens with two attached hydrogens (primary N) is 1. The standard InChI is InChI=1S/C15H14ClNO2/c1-9(18)15(10-2-5-12(17)6-3-10)11-4-7-13(16)14(19)8-11/h2-8,15,19H,17H2,1H3. The van der Waals surface area contributed by atoms with Crippen LogP contribution in [0.4, 0.5) is 5.69 Å². The smallest absolute Gasteiger partial charge is 0.141 e. The molecule has 4 heteroatoms. The minimum Gasteiger partial charge on any atom is -0.506 e. The molecule has 2 aromatic carbocycles. The molecule has 0 saturated heterocycles. The van der Waals surface area contributed by atoms with Crippen molar-refractivity contribution in [2.24, 2.45) is 0 Å². The van der Waals surface area contributed by atoms with Gasteiger partial charge in [-0.3, -0.25) is 4.79 Å². The molecule has 0 spiro atoms. The Hall–Kier alpha value is -2.00. The second-order valence-corrected chi connectivity index (χ2v) is 4.83. The number of carbonyl (C=O) groups is 1. The SMILES string of the molecule is CC(=O)C(c1ccc(N)cc1)c1ccc(Cl)c(O)c1. The lowest BCUT2D eigenvalue weighted by Crippen LogP contribution is -2.10. The first-order valence-electron chi connectivity index (χ1n) is 5.83. The van der Waals surface area contributed by atoms with Crippen molar-refractivity contribution in [2.75, 3.05) is 5.73 Å². The molecule has 0 radical (unpaired) electrons. The van der Waals surface area contributed by atoms with Crippen molar-refractivity contribution < 1.29 is 9.90 Å². The number of carbonyl (C=O) groups excluding carboxylic acids is 1. The van der Waals surface area contributed by atoms with Crippen molar-refractivity contribution in [1.82, 2.24) is 0 Å². The minimum atomic E-state index is -0.427. The predicted octanol–water partition coefficient (Wildman–Crippen LogP) is 3.35. The summed E-state index contributed by atoms with van der Waals surface area (Å²) < 4.78 is 0. The minimum absolute atomic E-state index is 0.00788. The van der Waals surface area contributed by atoms with Crippen LogP contribution in [0.2, 0.25) is 5.02 Å². The van der Waals surface area contributed by atoms with E-state index in [9.17, 15) is 9.90 Å². The summed E-state index contributed by atoms with van der Waals surface area (Å²) >= 11 is 5.78. The predicted molar refractivity (Wildman–Crippen MR) is 76.5 cm³/mol. The molecule has 19 heavy (non-hydrogen) atoms. The Kier molecular flexibility index (Phi) is 3.76. The average molecular weight is 276 g/mol. The van der Waals surface area contributed by atoms with Crippen molar-refractivity contribution in [3.63, 3.8) is 0 Å². The van der Waals surface area contributed by atoms with Crippen molar-refractivity contribution in [3.05, 3.63) is 58.6 Å². The number of benzene rings is 2. The van der Waals surface area contributed by atoms with Crippen molar-refractivity contribution >= 4 is 23.1 Å². The van der Waals surface area contributed by atoms with E-state index in [4.69, 9.17) is 17.3 Å². The first kappa shape index (κ1) is 13.4. The molecule has 0 aromatic heterocycles. The molecule has 3 N–H and O–H groups in total. The van der Waals surface area contributed by atoms with Gasteiger partial charge >= 0.3 is 0 Å². The lowest BCUT2D eigenvalue weighted by molar-refractivity contribution is -0.117. The fourth-order valence-electron chi connectivity index (χ4n) is 2.06. The number of nitrogen functional groups attached to an aromatic ring is 1. The highest BCUT2D eigenvalue weighted by Gasteiger charge is 2.20. The van der Waals surface area contributed by atoms with E-state index in [-0.39, 0.29) is 16.6 Å². The Morgan fingerprint density at radius 2 is 1.74 bits per heavy atom. The second-order valence-electron chi connectivity index (χ2n) is 4.42. The van der Waals surface area contributed by atoms with E-state index < -0.39 is 5.92 Å². The molecule has 0 bridgehead atoms. The summed E-state index contributed by atoms with van der Waals surface area (Å²) in [4.78, 5) is 11.9. The molecule has 1 atom stereocenters. The molecule has 0 saturated carbocycles. The zero-order chi connectivity index (χ0) is 14.0. The maximum atomic E-state index is 11.9. The van der Waals surface area contributed by atoms with Gasteiger partial charge in [0.25, 0.3) is 0 Å². The van der Waals surface area contributed by atoms with Gasteiger partial charge in [-0.05, 0) is 42.3 Å². The van der Waals surface area contributed by atoms with E-state index in [1.807, 2.05) is 12.1 Å². The van der Waals surface area contributed by atoms with Crippen LogP contribution in [-0.4, -0.2) is 10.9 Å². The molecule has 0 aliphatic carbocycles. The van der Waals surface area contributed by atoms with Gasteiger partial charge in [0.1, 0.15) is 11.5 Å². The summed E-state index contributed by atoms with van der Waals surface area (Å²) in [6, 6.07) is 12.0. The quantitative estimate of drug-likeness (QED) is 0.845. The fourth-order valence-corrected chi connectivity index (χ4v) is 2.18. The first-order valence-corrected chi connectivity index (χ1v) is 6.21. The molecule has 0 amide bonds. The Morgan fingerprint density at radius 3 is 2.26 bits per heavy atom. The number of ketones is 1. The van der Waals surface area contributed by atoms with Crippen LogP contribution in [0.25, 0.3) is 0 Å². The van der Waals surface area contributed by atoms with Gasteiger partial charge in [-0.25, -0.2) is 0 Å². The summed E-state index contributed by atoms with van der Waals surface area (Å²) in [6.07, 6.45) is 0. The normalized spacial score (nSPS) is 12.1. The van der Waals surface area contributed by atoms with Crippen LogP contribution < -0.4 is 5.73 Å². The number of phenolic OH excluding ortho intramolecular Hbond substituents is 1. The molecule has 1 unspecified atom stereocenters. The number of rotatable bonds is 3. The van der Waals surface area contributed by atoms with Gasteiger partial charge in [0, 0.05) is 5.69 Å². The lowest BCUT2D eigenvalue weighted by atomic mass is 9.88. The van der Waals surface area contributed by atoms with E-state index in [0.717, 1.165) is 5.56 Å². The number of aromatic hydroxyl groups is 1. The molecule has 98 valence electrons. The third kappa shape index (κ3) is 2.88. The van der Waals surface area contributed by atoms with Crippen LogP contribution >= 0.6 is 11.6 Å². The summed E-state index contributed by atoms with van der Waals surface area (Å²) in [6.45, 7) is 1.52. The number of phenols is 1. The molecule has 2 rings (SSSR count). The van der Waals surface area contributed by atoms with Crippen molar-refractivity contribution in [1.29, 1.82) is 0 Å². The van der Waals surface area contributed by atoms with Crippen LogP contribution in [0.15, 0.2) is 42.5 Å². The van der Waals surface area contributed by atoms with E-state index in [1.165, 1.54) is 13.0 Å². The Morgan fingerprint density at radius 1 is 1.16 bits per heavy atom. The molecule has 0 fully saturated rings. The van der Waals surface area contributed by atoms with Gasteiger partial charge in [0.15, 0.2) is 0 Å². The monoisotopic (exact) mass is 275 g/mol. The highest BCUT2D eigenvalue weighted by Crippen LogP contribution is 2.32. The van der Waals surface area contributed by atoms with Crippen molar-refractivity contribution in [2.45, 2.75) is 12.8 Å². The highest BCUT2D eigenvalue weighted by atomic mass is 35.5. The number of halogens is 1. The van der Waals surface area contributed by atoms with Crippen LogP contribution in [0, 0.1) is 0 Å². The number of anilines is 1. The molecule has 0 aliphatic heterocycles. The summed E-state index contributed by atoms with van der Waals surface area (Å²) in [5.74, 6) is -0.462. The molecular weight excluding hydrogens is 262 g/mol. The van der Waals surface area contributed by atoms with Gasteiger partial charge in [-0.2, -0.15) is 0 Å². The Bertz CT molecular complexity index is 608. The second kappa shape index (κ2) is 5.33. The van der Waals surface area contributed by atoms with Crippen LogP contribution in [0.5, 0.6) is 5.75 Å². The van der Waals surface area contributed by atoms with Gasteiger partial charge in [0.05, 0.1) is 10.9 Å². The van der Waals surface area contributed by atoms with Gasteiger partial charge in [-0.1, -0.05) is 29.8 Å². The number of hydrogen-bond donors (Lipinski definition) is 2. The van der Waals surface area contributed by atoms with Crippen LogP contribution in [0.3, 0.4) is 0 Å². The maximum absolute atomic E-state index is 11.9. The molecular formula is C15H14ClNO2. The summed E-state index contributed by atoms with van der Waals surface area (Å²) in [5, 5.41) is 9.93. The topological polar surface area (TPSA) is 63.3 Å². The highest BCUT2D eigenvalue weighted by molar-refractivity contribution is 6.32. The summed E-state index contributed by atoms with van der Waals surface area (Å²) in [7, 11) is 0. The Labute approximate surface area is 116 Å². The number of Topliss-reactive ketones (excluding diaryl/α,β-unsaturated/α-hetero) is 1. The average Bonchev–Trinajstić information content (AvgIpc) is 2.36. The van der Waals surface area contributed by atoms with Gasteiger partial charge in [0.2, 0.25) is 0 Å². The van der Waals surface area contributed by atoms with Crippen molar-refractivity contribution in [3.8, 4) is 5.75 Å². The van der Waals surface area contributed by atoms with Gasteiger partial charge in [-0.15, -0.1) is 0 Å². The van der Waals surface area contributed by atoms with E-state index >= 15 is 0 Å². The Balaban J connectivity index is 2.48. The van der Waals surface area contributed by atoms with Crippen LogP contribution in [0.1, 0.15) is 24.0 Å². The number of hydrogen-bond acceptors (Lipinski definition) is 3. The fraction of sp³-hybridized carbons (Fsp3) is 0.133.